The van der Waals surface area contributed by atoms with Crippen molar-refractivity contribution in [2.24, 2.45) is 0 Å². The Balaban J connectivity index is 2.00. The topological polar surface area (TPSA) is 96.6 Å². The van der Waals surface area contributed by atoms with Crippen molar-refractivity contribution in [3.63, 3.8) is 0 Å². The zero-order valence-corrected chi connectivity index (χ0v) is 13.5. The van der Waals surface area contributed by atoms with E-state index >= 15 is 0 Å². The van der Waals surface area contributed by atoms with Gasteiger partial charge in [0.25, 0.3) is 0 Å². The first kappa shape index (κ1) is 18.7. The van der Waals surface area contributed by atoms with Crippen molar-refractivity contribution in [3.8, 4) is 17.6 Å². The van der Waals surface area contributed by atoms with Gasteiger partial charge in [0, 0.05) is 17.7 Å². The predicted octanol–water partition coefficient (Wildman–Crippen LogP) is 3.22. The third-order valence-corrected chi connectivity index (χ3v) is 3.14. The lowest BCUT2D eigenvalue weighted by molar-refractivity contribution is -0.137. The summed E-state index contributed by atoms with van der Waals surface area (Å²) in [4.78, 5) is 23.3. The second-order valence-electron chi connectivity index (χ2n) is 5.03. The van der Waals surface area contributed by atoms with Gasteiger partial charge >= 0.3 is 11.9 Å². The number of hydrogen-bond donors (Lipinski definition) is 1. The second kappa shape index (κ2) is 8.99. The van der Waals surface area contributed by atoms with Gasteiger partial charge in [0.1, 0.15) is 23.9 Å². The molecule has 0 radical (unpaired) electrons. The maximum absolute atomic E-state index is 14.0. The fourth-order valence-electron chi connectivity index (χ4n) is 1.87. The Labute approximate surface area is 148 Å². The van der Waals surface area contributed by atoms with Gasteiger partial charge in [-0.25, -0.2) is 14.0 Å². The summed E-state index contributed by atoms with van der Waals surface area (Å²) in [6, 6.07) is 11.0. The third kappa shape index (κ3) is 5.46. The highest BCUT2D eigenvalue weighted by atomic mass is 19.1. The standard InChI is InChI=1S/C19H14FNO5/c20-17-12-16(26-19(24)14-2-6-15(22)7-3-14)8-4-13(17)5-9-18(23)25-11-1-10-21/h2-9,12,22H,1,11H2/b9-5+. The van der Waals surface area contributed by atoms with E-state index in [1.54, 1.807) is 0 Å². The van der Waals surface area contributed by atoms with E-state index in [0.717, 1.165) is 12.1 Å². The maximum Gasteiger partial charge on any atom is 0.343 e. The zero-order chi connectivity index (χ0) is 18.9. The number of benzene rings is 2. The van der Waals surface area contributed by atoms with Gasteiger partial charge in [-0.2, -0.15) is 5.26 Å². The van der Waals surface area contributed by atoms with E-state index in [4.69, 9.17) is 14.7 Å². The van der Waals surface area contributed by atoms with Crippen LogP contribution in [0.4, 0.5) is 4.39 Å². The molecule has 0 atom stereocenters. The number of hydrogen-bond acceptors (Lipinski definition) is 6. The number of rotatable bonds is 6. The molecule has 0 saturated carbocycles. The lowest BCUT2D eigenvalue weighted by atomic mass is 10.2. The summed E-state index contributed by atoms with van der Waals surface area (Å²) in [5.74, 6) is -2.08. The summed E-state index contributed by atoms with van der Waals surface area (Å²) in [5, 5.41) is 17.5. The lowest BCUT2D eigenvalue weighted by Crippen LogP contribution is -2.08. The summed E-state index contributed by atoms with van der Waals surface area (Å²) in [7, 11) is 0. The van der Waals surface area contributed by atoms with Gasteiger partial charge in [-0.3, -0.25) is 0 Å². The Kier molecular flexibility index (Phi) is 6.46. The number of nitriles is 1. The Morgan fingerprint density at radius 1 is 1.19 bits per heavy atom. The predicted molar refractivity (Wildman–Crippen MR) is 89.7 cm³/mol. The zero-order valence-electron chi connectivity index (χ0n) is 13.5. The smallest absolute Gasteiger partial charge is 0.343 e. The fourth-order valence-corrected chi connectivity index (χ4v) is 1.87. The normalized spacial score (nSPS) is 10.3. The van der Waals surface area contributed by atoms with E-state index < -0.39 is 17.8 Å². The van der Waals surface area contributed by atoms with Crippen LogP contribution in [0.2, 0.25) is 0 Å². The van der Waals surface area contributed by atoms with Crippen molar-refractivity contribution in [1.29, 1.82) is 5.26 Å². The van der Waals surface area contributed by atoms with Crippen molar-refractivity contribution in [1.82, 2.24) is 0 Å². The van der Waals surface area contributed by atoms with Crippen LogP contribution in [0.5, 0.6) is 11.5 Å². The van der Waals surface area contributed by atoms with Crippen LogP contribution in [-0.2, 0) is 9.53 Å². The lowest BCUT2D eigenvalue weighted by Gasteiger charge is -2.06. The van der Waals surface area contributed by atoms with Crippen molar-refractivity contribution in [3.05, 3.63) is 65.5 Å². The molecule has 0 amide bonds. The molecule has 2 rings (SSSR count). The van der Waals surface area contributed by atoms with Gasteiger partial charge in [-0.1, -0.05) is 0 Å². The molecule has 0 fully saturated rings. The number of carbonyl (C=O) groups is 2. The first-order valence-corrected chi connectivity index (χ1v) is 7.52. The van der Waals surface area contributed by atoms with E-state index in [1.165, 1.54) is 42.5 Å². The summed E-state index contributed by atoms with van der Waals surface area (Å²) < 4.78 is 23.8. The maximum atomic E-state index is 14.0. The van der Waals surface area contributed by atoms with Crippen LogP contribution >= 0.6 is 0 Å². The van der Waals surface area contributed by atoms with Gasteiger partial charge in [-0.15, -0.1) is 0 Å². The quantitative estimate of drug-likeness (QED) is 0.370. The van der Waals surface area contributed by atoms with E-state index in [-0.39, 0.29) is 35.7 Å². The number of ether oxygens (including phenoxy) is 2. The van der Waals surface area contributed by atoms with E-state index in [1.807, 2.05) is 6.07 Å². The summed E-state index contributed by atoms with van der Waals surface area (Å²) in [6.45, 7) is -0.0334. The van der Waals surface area contributed by atoms with Crippen molar-refractivity contribution < 1.29 is 28.6 Å². The molecule has 6 nitrogen and oxygen atoms in total. The molecule has 26 heavy (non-hydrogen) atoms. The highest BCUT2D eigenvalue weighted by Gasteiger charge is 2.10. The summed E-state index contributed by atoms with van der Waals surface area (Å²) in [6.07, 6.45) is 2.34. The SMILES string of the molecule is N#CCCOC(=O)/C=C/c1ccc(OC(=O)c2ccc(O)cc2)cc1F. The number of carbonyl (C=O) groups excluding carboxylic acids is 2. The van der Waals surface area contributed by atoms with Crippen molar-refractivity contribution in [2.75, 3.05) is 6.61 Å². The Morgan fingerprint density at radius 3 is 2.58 bits per heavy atom. The van der Waals surface area contributed by atoms with Crippen LogP contribution in [0.15, 0.2) is 48.5 Å². The molecular weight excluding hydrogens is 341 g/mol. The number of nitrogens with zero attached hydrogens (tertiary/aromatic N) is 1. The second-order valence-corrected chi connectivity index (χ2v) is 5.03. The number of aromatic hydroxyl groups is 1. The minimum Gasteiger partial charge on any atom is -0.508 e. The largest absolute Gasteiger partial charge is 0.508 e. The van der Waals surface area contributed by atoms with E-state index in [2.05, 4.69) is 0 Å². The minimum atomic E-state index is -0.700. The van der Waals surface area contributed by atoms with Gasteiger partial charge in [0.05, 0.1) is 18.1 Å². The fraction of sp³-hybridized carbons (Fsp3) is 0.105. The first-order valence-electron chi connectivity index (χ1n) is 7.52. The average Bonchev–Trinajstić information content (AvgIpc) is 2.62. The molecule has 0 aliphatic rings. The van der Waals surface area contributed by atoms with Crippen LogP contribution in [0.3, 0.4) is 0 Å². The van der Waals surface area contributed by atoms with Gasteiger partial charge in [0.15, 0.2) is 0 Å². The number of esters is 2. The molecule has 7 heteroatoms. The summed E-state index contributed by atoms with van der Waals surface area (Å²) in [5.41, 5.74) is 0.305. The molecule has 0 unspecified atom stereocenters. The van der Waals surface area contributed by atoms with Crippen LogP contribution in [0, 0.1) is 17.1 Å². The monoisotopic (exact) mass is 355 g/mol. The van der Waals surface area contributed by atoms with E-state index in [9.17, 15) is 19.1 Å². The van der Waals surface area contributed by atoms with Crippen LogP contribution in [0.25, 0.3) is 6.08 Å². The average molecular weight is 355 g/mol. The molecule has 2 aromatic carbocycles. The molecule has 0 heterocycles. The Morgan fingerprint density at radius 2 is 1.92 bits per heavy atom. The molecule has 2 aromatic rings. The first-order chi connectivity index (χ1) is 12.5. The number of phenols is 1. The third-order valence-electron chi connectivity index (χ3n) is 3.14. The Bertz CT molecular complexity index is 868. The van der Waals surface area contributed by atoms with Gasteiger partial charge < -0.3 is 14.6 Å². The Hall–Kier alpha value is -3.66. The summed E-state index contributed by atoms with van der Waals surface area (Å²) >= 11 is 0. The molecular formula is C19H14FNO5. The highest BCUT2D eigenvalue weighted by molar-refractivity contribution is 5.91. The molecule has 0 aliphatic carbocycles. The van der Waals surface area contributed by atoms with Crippen LogP contribution < -0.4 is 4.74 Å². The molecule has 0 saturated heterocycles. The number of halogens is 1. The van der Waals surface area contributed by atoms with Crippen LogP contribution in [-0.4, -0.2) is 23.7 Å². The van der Waals surface area contributed by atoms with Gasteiger partial charge in [0.2, 0.25) is 0 Å². The van der Waals surface area contributed by atoms with Crippen LogP contribution in [0.1, 0.15) is 22.3 Å². The molecule has 0 bridgehead atoms. The minimum absolute atomic E-state index is 0.00526. The molecule has 0 aromatic heterocycles. The van der Waals surface area contributed by atoms with Crippen molar-refractivity contribution >= 4 is 18.0 Å². The number of phenolic OH excluding ortho intramolecular Hbond substituents is 1. The molecule has 0 aliphatic heterocycles. The molecule has 0 spiro atoms. The van der Waals surface area contributed by atoms with Crippen molar-refractivity contribution in [2.45, 2.75) is 6.42 Å². The van der Waals surface area contributed by atoms with E-state index in [0.29, 0.717) is 0 Å². The molecule has 1 N–H and O–H groups in total. The molecule has 132 valence electrons. The highest BCUT2D eigenvalue weighted by Crippen LogP contribution is 2.19. The van der Waals surface area contributed by atoms with Gasteiger partial charge in [-0.05, 0) is 42.5 Å².